The molecule has 1 saturated heterocycles. The number of rotatable bonds is 3. The number of amides is 2. The van der Waals surface area contributed by atoms with E-state index in [2.05, 4.69) is 14.8 Å². The van der Waals surface area contributed by atoms with Crippen LogP contribution >= 0.6 is 0 Å². The van der Waals surface area contributed by atoms with Crippen molar-refractivity contribution in [3.63, 3.8) is 0 Å². The van der Waals surface area contributed by atoms with E-state index in [1.54, 1.807) is 6.92 Å². The average Bonchev–Trinajstić information content (AvgIpc) is 3.12. The molecule has 4 rings (SSSR count). The van der Waals surface area contributed by atoms with Gasteiger partial charge in [0.25, 0.3) is 0 Å². The highest BCUT2D eigenvalue weighted by molar-refractivity contribution is 5.76. The Hall–Kier alpha value is -1.92. The number of nitrogens with zero attached hydrogens (tertiary/aromatic N) is 5. The number of carbonyl (C=O) groups excluding carboxylic acids is 2. The minimum atomic E-state index is 0.137. The SMILES string of the molecule is CC(=O)N1CCC[C@H](c2nnc3n2CCN(C(=O)CC2CCCCC2)C3)C1. The average molecular weight is 374 g/mol. The molecule has 3 aliphatic rings. The van der Waals surface area contributed by atoms with Gasteiger partial charge in [-0.05, 0) is 31.6 Å². The van der Waals surface area contributed by atoms with Crippen molar-refractivity contribution < 1.29 is 9.59 Å². The Bertz CT molecular complexity index is 695. The number of hydrogen-bond donors (Lipinski definition) is 0. The maximum Gasteiger partial charge on any atom is 0.223 e. The number of likely N-dealkylation sites (tertiary alicyclic amines) is 1. The number of fused-ring (bicyclic) bond motifs is 1. The van der Waals surface area contributed by atoms with Crippen LogP contribution in [-0.2, 0) is 22.7 Å². The van der Waals surface area contributed by atoms with Gasteiger partial charge in [0.1, 0.15) is 5.82 Å². The summed E-state index contributed by atoms with van der Waals surface area (Å²) < 4.78 is 2.19. The van der Waals surface area contributed by atoms with Crippen LogP contribution in [0.5, 0.6) is 0 Å². The number of aromatic nitrogens is 3. The van der Waals surface area contributed by atoms with Crippen LogP contribution in [0.2, 0.25) is 0 Å². The molecule has 3 heterocycles. The van der Waals surface area contributed by atoms with Gasteiger partial charge in [0.2, 0.25) is 11.8 Å². The first-order valence-electron chi connectivity index (χ1n) is 10.6. The lowest BCUT2D eigenvalue weighted by atomic mass is 9.86. The summed E-state index contributed by atoms with van der Waals surface area (Å²) in [5, 5.41) is 8.86. The lowest BCUT2D eigenvalue weighted by molar-refractivity contribution is -0.134. The molecule has 0 aromatic carbocycles. The van der Waals surface area contributed by atoms with Gasteiger partial charge in [0, 0.05) is 45.4 Å². The second-order valence-corrected chi connectivity index (χ2v) is 8.45. The summed E-state index contributed by atoms with van der Waals surface area (Å²) in [6, 6.07) is 0. The van der Waals surface area contributed by atoms with Gasteiger partial charge in [0.05, 0.1) is 6.54 Å². The molecule has 0 N–H and O–H groups in total. The predicted molar refractivity (Wildman–Crippen MR) is 101 cm³/mol. The van der Waals surface area contributed by atoms with E-state index in [-0.39, 0.29) is 17.7 Å². The largest absolute Gasteiger partial charge is 0.342 e. The lowest BCUT2D eigenvalue weighted by Crippen LogP contribution is -2.41. The van der Waals surface area contributed by atoms with Crippen LogP contribution in [0.1, 0.15) is 75.9 Å². The second kappa shape index (κ2) is 7.98. The molecule has 0 bridgehead atoms. The van der Waals surface area contributed by atoms with Crippen molar-refractivity contribution in [2.45, 2.75) is 77.3 Å². The first-order valence-corrected chi connectivity index (χ1v) is 10.6. The maximum absolute atomic E-state index is 12.7. The molecule has 1 aromatic rings. The highest BCUT2D eigenvalue weighted by Gasteiger charge is 2.31. The highest BCUT2D eigenvalue weighted by Crippen LogP contribution is 2.29. The van der Waals surface area contributed by atoms with Crippen LogP contribution in [0.3, 0.4) is 0 Å². The fourth-order valence-electron chi connectivity index (χ4n) is 4.94. The molecule has 2 fully saturated rings. The molecule has 0 radical (unpaired) electrons. The summed E-state index contributed by atoms with van der Waals surface area (Å²) in [6.07, 6.45) is 9.02. The molecule has 148 valence electrons. The summed E-state index contributed by atoms with van der Waals surface area (Å²) >= 11 is 0. The molecule has 2 aliphatic heterocycles. The quantitative estimate of drug-likeness (QED) is 0.815. The van der Waals surface area contributed by atoms with Gasteiger partial charge in [0.15, 0.2) is 5.82 Å². The zero-order valence-electron chi connectivity index (χ0n) is 16.4. The van der Waals surface area contributed by atoms with Gasteiger partial charge in [-0.3, -0.25) is 9.59 Å². The van der Waals surface area contributed by atoms with E-state index in [1.807, 2.05) is 9.80 Å². The van der Waals surface area contributed by atoms with Gasteiger partial charge in [-0.2, -0.15) is 0 Å². The molecule has 2 amide bonds. The molecule has 0 unspecified atom stereocenters. The molecule has 7 heteroatoms. The van der Waals surface area contributed by atoms with E-state index in [0.29, 0.717) is 18.9 Å². The standard InChI is InChI=1S/C20H31N5O2/c1-15(26)23-9-5-8-17(13-23)20-22-21-18-14-24(10-11-25(18)20)19(27)12-16-6-3-2-4-7-16/h16-17H,2-14H2,1H3/t17-/m0/s1. The van der Waals surface area contributed by atoms with Crippen molar-refractivity contribution >= 4 is 11.8 Å². The summed E-state index contributed by atoms with van der Waals surface area (Å²) in [5.74, 6) is 3.13. The van der Waals surface area contributed by atoms with E-state index in [9.17, 15) is 9.59 Å². The third kappa shape index (κ3) is 4.01. The minimum Gasteiger partial charge on any atom is -0.342 e. The van der Waals surface area contributed by atoms with Crippen molar-refractivity contribution in [3.05, 3.63) is 11.6 Å². The first-order chi connectivity index (χ1) is 13.1. The Morgan fingerprint density at radius 2 is 1.78 bits per heavy atom. The smallest absolute Gasteiger partial charge is 0.223 e. The fraction of sp³-hybridized carbons (Fsp3) is 0.800. The Morgan fingerprint density at radius 3 is 2.56 bits per heavy atom. The van der Waals surface area contributed by atoms with Crippen molar-refractivity contribution in [3.8, 4) is 0 Å². The van der Waals surface area contributed by atoms with E-state index >= 15 is 0 Å². The summed E-state index contributed by atoms with van der Waals surface area (Å²) in [4.78, 5) is 28.3. The van der Waals surface area contributed by atoms with Crippen molar-refractivity contribution in [2.75, 3.05) is 19.6 Å². The maximum atomic E-state index is 12.7. The van der Waals surface area contributed by atoms with Gasteiger partial charge < -0.3 is 14.4 Å². The molecule has 7 nitrogen and oxygen atoms in total. The van der Waals surface area contributed by atoms with Gasteiger partial charge >= 0.3 is 0 Å². The molecule has 1 aromatic heterocycles. The van der Waals surface area contributed by atoms with Crippen molar-refractivity contribution in [1.82, 2.24) is 24.6 Å². The van der Waals surface area contributed by atoms with Crippen LogP contribution in [0.25, 0.3) is 0 Å². The Morgan fingerprint density at radius 1 is 0.963 bits per heavy atom. The first kappa shape index (κ1) is 18.4. The fourth-order valence-corrected chi connectivity index (χ4v) is 4.94. The van der Waals surface area contributed by atoms with Crippen LogP contribution in [0, 0.1) is 5.92 Å². The Balaban J connectivity index is 1.39. The van der Waals surface area contributed by atoms with E-state index < -0.39 is 0 Å². The number of piperidine rings is 1. The highest BCUT2D eigenvalue weighted by atomic mass is 16.2. The monoisotopic (exact) mass is 373 g/mol. The van der Waals surface area contributed by atoms with Gasteiger partial charge in [-0.15, -0.1) is 10.2 Å². The lowest BCUT2D eigenvalue weighted by Gasteiger charge is -2.33. The van der Waals surface area contributed by atoms with Gasteiger partial charge in [-0.1, -0.05) is 19.3 Å². The summed E-state index contributed by atoms with van der Waals surface area (Å²) in [6.45, 7) is 5.30. The van der Waals surface area contributed by atoms with Crippen molar-refractivity contribution in [1.29, 1.82) is 0 Å². The van der Waals surface area contributed by atoms with E-state index in [4.69, 9.17) is 0 Å². The predicted octanol–water partition coefficient (Wildman–Crippen LogP) is 2.32. The van der Waals surface area contributed by atoms with Crippen LogP contribution in [0.15, 0.2) is 0 Å². The molecule has 1 saturated carbocycles. The molecule has 0 spiro atoms. The number of hydrogen-bond acceptors (Lipinski definition) is 4. The zero-order valence-corrected chi connectivity index (χ0v) is 16.4. The third-order valence-electron chi connectivity index (χ3n) is 6.55. The molecular formula is C20H31N5O2. The van der Waals surface area contributed by atoms with Crippen molar-refractivity contribution in [2.24, 2.45) is 5.92 Å². The van der Waals surface area contributed by atoms with Crippen LogP contribution < -0.4 is 0 Å². The third-order valence-corrected chi connectivity index (χ3v) is 6.55. The molecule has 1 atom stereocenters. The summed E-state index contributed by atoms with van der Waals surface area (Å²) in [7, 11) is 0. The zero-order chi connectivity index (χ0) is 18.8. The molecular weight excluding hydrogens is 342 g/mol. The van der Waals surface area contributed by atoms with E-state index in [1.165, 1.54) is 32.1 Å². The van der Waals surface area contributed by atoms with Gasteiger partial charge in [-0.25, -0.2) is 0 Å². The second-order valence-electron chi connectivity index (χ2n) is 8.45. The van der Waals surface area contributed by atoms with Crippen LogP contribution in [0.4, 0.5) is 0 Å². The number of carbonyl (C=O) groups is 2. The molecule has 27 heavy (non-hydrogen) atoms. The normalized spacial score (nSPS) is 24.0. The molecule has 1 aliphatic carbocycles. The van der Waals surface area contributed by atoms with Crippen LogP contribution in [-0.4, -0.2) is 56.0 Å². The topological polar surface area (TPSA) is 71.3 Å². The minimum absolute atomic E-state index is 0.137. The Labute approximate surface area is 161 Å². The van der Waals surface area contributed by atoms with E-state index in [0.717, 1.165) is 50.7 Å². The summed E-state index contributed by atoms with van der Waals surface area (Å²) in [5.41, 5.74) is 0. The Kier molecular flexibility index (Phi) is 5.45.